The number of hydrogen-bond donors (Lipinski definition) is 3. The molecule has 1 aromatic carbocycles. The minimum atomic E-state index is -0.932. The largest absolute Gasteiger partial charge is 0.465 e. The highest BCUT2D eigenvalue weighted by atomic mass is 16.4. The van der Waals surface area contributed by atoms with Gasteiger partial charge in [-0.25, -0.2) is 4.79 Å². The molecule has 1 atom stereocenters. The Morgan fingerprint density at radius 1 is 1.39 bits per heavy atom. The fraction of sp³-hybridized carbons (Fsp3) is 0.412. The molecule has 2 rings (SSSR count). The summed E-state index contributed by atoms with van der Waals surface area (Å²) in [5, 5.41) is 13.7. The van der Waals surface area contributed by atoms with E-state index in [-0.39, 0.29) is 6.04 Å². The monoisotopic (exact) mass is 316 g/mol. The molecule has 6 heteroatoms. The number of nitrogen functional groups attached to an aromatic ring is 1. The van der Waals surface area contributed by atoms with Gasteiger partial charge in [0, 0.05) is 23.5 Å². The Morgan fingerprint density at radius 2 is 2.04 bits per heavy atom. The van der Waals surface area contributed by atoms with Gasteiger partial charge in [0.2, 0.25) is 0 Å². The van der Waals surface area contributed by atoms with Crippen molar-refractivity contribution in [3.8, 4) is 0 Å². The van der Waals surface area contributed by atoms with Gasteiger partial charge in [-0.2, -0.15) is 0 Å². The lowest BCUT2D eigenvalue weighted by atomic mass is 10.1. The lowest BCUT2D eigenvalue weighted by Crippen LogP contribution is -2.49. The standard InChI is InChI=1S/C17H24N4O2/c1-11(10-21(16(22)23)17(2,3)4)20-15-12-7-5-6-8-14(12)19-9-13(15)18/h5-9,11H,10,18H2,1-4H3,(H,19,20)(H,22,23)/t11-/m0/s1. The van der Waals surface area contributed by atoms with Gasteiger partial charge in [0.05, 0.1) is 23.1 Å². The third kappa shape index (κ3) is 3.83. The molecule has 0 saturated heterocycles. The van der Waals surface area contributed by atoms with E-state index < -0.39 is 11.6 Å². The minimum absolute atomic E-state index is 0.0987. The number of carboxylic acid groups (broad SMARTS) is 1. The normalized spacial score (nSPS) is 12.9. The summed E-state index contributed by atoms with van der Waals surface area (Å²) in [5.41, 5.74) is 7.78. The second-order valence-electron chi connectivity index (χ2n) is 6.72. The van der Waals surface area contributed by atoms with Crippen LogP contribution in [0.25, 0.3) is 10.9 Å². The molecule has 0 aliphatic carbocycles. The summed E-state index contributed by atoms with van der Waals surface area (Å²) in [6.45, 7) is 7.93. The van der Waals surface area contributed by atoms with Crippen molar-refractivity contribution < 1.29 is 9.90 Å². The molecule has 4 N–H and O–H groups in total. The van der Waals surface area contributed by atoms with Gasteiger partial charge in [-0.3, -0.25) is 4.98 Å². The quantitative estimate of drug-likeness (QED) is 0.804. The molecule has 1 heterocycles. The molecule has 0 saturated carbocycles. The fourth-order valence-corrected chi connectivity index (χ4v) is 2.52. The summed E-state index contributed by atoms with van der Waals surface area (Å²) < 4.78 is 0. The summed E-state index contributed by atoms with van der Waals surface area (Å²) in [6, 6.07) is 7.62. The number of nitrogens with one attached hydrogen (secondary N) is 1. The summed E-state index contributed by atoms with van der Waals surface area (Å²) >= 11 is 0. The zero-order valence-corrected chi connectivity index (χ0v) is 14.0. The molecular weight excluding hydrogens is 292 g/mol. The number of para-hydroxylation sites is 1. The second kappa shape index (κ2) is 6.32. The first-order valence-corrected chi connectivity index (χ1v) is 7.60. The van der Waals surface area contributed by atoms with Crippen LogP contribution in [0.1, 0.15) is 27.7 Å². The van der Waals surface area contributed by atoms with Gasteiger partial charge in [-0.1, -0.05) is 18.2 Å². The third-order valence-corrected chi connectivity index (χ3v) is 3.69. The maximum absolute atomic E-state index is 11.5. The highest BCUT2D eigenvalue weighted by molar-refractivity contribution is 5.96. The molecular formula is C17H24N4O2. The number of nitrogens with two attached hydrogens (primary N) is 1. The highest BCUT2D eigenvalue weighted by Crippen LogP contribution is 2.28. The van der Waals surface area contributed by atoms with Crippen LogP contribution in [0.2, 0.25) is 0 Å². The van der Waals surface area contributed by atoms with E-state index in [0.717, 1.165) is 16.6 Å². The van der Waals surface area contributed by atoms with Crippen molar-refractivity contribution in [3.63, 3.8) is 0 Å². The van der Waals surface area contributed by atoms with Gasteiger partial charge in [-0.15, -0.1) is 0 Å². The maximum Gasteiger partial charge on any atom is 0.407 e. The van der Waals surface area contributed by atoms with Crippen LogP contribution in [0.5, 0.6) is 0 Å². The minimum Gasteiger partial charge on any atom is -0.465 e. The first kappa shape index (κ1) is 16.9. The van der Waals surface area contributed by atoms with E-state index in [1.54, 1.807) is 6.20 Å². The lowest BCUT2D eigenvalue weighted by molar-refractivity contribution is 0.0984. The number of anilines is 2. The molecule has 6 nitrogen and oxygen atoms in total. The molecule has 23 heavy (non-hydrogen) atoms. The van der Waals surface area contributed by atoms with Crippen LogP contribution in [-0.2, 0) is 0 Å². The number of rotatable bonds is 4. The zero-order chi connectivity index (χ0) is 17.2. The lowest BCUT2D eigenvalue weighted by Gasteiger charge is -2.35. The molecule has 0 radical (unpaired) electrons. The van der Waals surface area contributed by atoms with E-state index in [1.807, 2.05) is 52.0 Å². The Kier molecular flexibility index (Phi) is 4.63. The summed E-state index contributed by atoms with van der Waals surface area (Å²) in [5.74, 6) is 0. The third-order valence-electron chi connectivity index (χ3n) is 3.69. The van der Waals surface area contributed by atoms with Crippen molar-refractivity contribution in [1.29, 1.82) is 0 Å². The average Bonchev–Trinajstić information content (AvgIpc) is 2.46. The number of carbonyl (C=O) groups is 1. The van der Waals surface area contributed by atoms with Crippen molar-refractivity contribution in [3.05, 3.63) is 30.5 Å². The smallest absolute Gasteiger partial charge is 0.407 e. The predicted molar refractivity (Wildman–Crippen MR) is 93.7 cm³/mol. The van der Waals surface area contributed by atoms with E-state index in [1.165, 1.54) is 4.90 Å². The Hall–Kier alpha value is -2.50. The molecule has 124 valence electrons. The van der Waals surface area contributed by atoms with Gasteiger partial charge in [0.15, 0.2) is 0 Å². The number of benzene rings is 1. The van der Waals surface area contributed by atoms with Crippen molar-refractivity contribution in [2.24, 2.45) is 0 Å². The topological polar surface area (TPSA) is 91.5 Å². The van der Waals surface area contributed by atoms with E-state index in [0.29, 0.717) is 12.2 Å². The molecule has 1 aromatic heterocycles. The van der Waals surface area contributed by atoms with Crippen molar-refractivity contribution in [1.82, 2.24) is 9.88 Å². The highest BCUT2D eigenvalue weighted by Gasteiger charge is 2.27. The van der Waals surface area contributed by atoms with Crippen LogP contribution in [-0.4, -0.2) is 39.2 Å². The molecule has 0 spiro atoms. The fourth-order valence-electron chi connectivity index (χ4n) is 2.52. The van der Waals surface area contributed by atoms with Crippen LogP contribution in [0.15, 0.2) is 30.5 Å². The Bertz CT molecular complexity index is 709. The molecule has 0 aliphatic heterocycles. The van der Waals surface area contributed by atoms with Crippen LogP contribution in [0.4, 0.5) is 16.2 Å². The number of aromatic nitrogens is 1. The Morgan fingerprint density at radius 3 is 2.65 bits per heavy atom. The van der Waals surface area contributed by atoms with Gasteiger partial charge in [0.25, 0.3) is 0 Å². The summed E-state index contributed by atoms with van der Waals surface area (Å²) in [4.78, 5) is 17.2. The van der Waals surface area contributed by atoms with Crippen LogP contribution >= 0.6 is 0 Å². The average molecular weight is 316 g/mol. The molecule has 2 aromatic rings. The van der Waals surface area contributed by atoms with Crippen molar-refractivity contribution in [2.45, 2.75) is 39.3 Å². The summed E-state index contributed by atoms with van der Waals surface area (Å²) in [6.07, 6.45) is 0.689. The number of nitrogens with zero attached hydrogens (tertiary/aromatic N) is 2. The van der Waals surface area contributed by atoms with Crippen LogP contribution < -0.4 is 11.1 Å². The van der Waals surface area contributed by atoms with E-state index in [2.05, 4.69) is 10.3 Å². The Balaban J connectivity index is 2.25. The van der Waals surface area contributed by atoms with Crippen molar-refractivity contribution >= 4 is 28.4 Å². The Labute approximate surface area is 136 Å². The number of pyridine rings is 1. The summed E-state index contributed by atoms with van der Waals surface area (Å²) in [7, 11) is 0. The number of amides is 1. The zero-order valence-electron chi connectivity index (χ0n) is 14.0. The molecule has 0 bridgehead atoms. The van der Waals surface area contributed by atoms with E-state index in [4.69, 9.17) is 5.73 Å². The van der Waals surface area contributed by atoms with Crippen LogP contribution in [0, 0.1) is 0 Å². The number of hydrogen-bond acceptors (Lipinski definition) is 4. The van der Waals surface area contributed by atoms with Crippen molar-refractivity contribution in [2.75, 3.05) is 17.6 Å². The molecule has 0 unspecified atom stereocenters. The van der Waals surface area contributed by atoms with Gasteiger partial charge in [0.1, 0.15) is 0 Å². The molecule has 1 amide bonds. The maximum atomic E-state index is 11.5. The van der Waals surface area contributed by atoms with Gasteiger partial charge < -0.3 is 21.1 Å². The van der Waals surface area contributed by atoms with E-state index >= 15 is 0 Å². The first-order valence-electron chi connectivity index (χ1n) is 7.60. The first-order chi connectivity index (χ1) is 10.7. The van der Waals surface area contributed by atoms with Gasteiger partial charge in [-0.05, 0) is 33.8 Å². The molecule has 0 fully saturated rings. The van der Waals surface area contributed by atoms with E-state index in [9.17, 15) is 9.90 Å². The number of fused-ring (bicyclic) bond motifs is 1. The van der Waals surface area contributed by atoms with Crippen LogP contribution in [0.3, 0.4) is 0 Å². The second-order valence-corrected chi connectivity index (χ2v) is 6.72. The SMILES string of the molecule is C[C@@H](CN(C(=O)O)C(C)(C)C)Nc1c(N)cnc2ccccc12. The molecule has 0 aliphatic rings. The predicted octanol–water partition coefficient (Wildman–Crippen LogP) is 3.40. The van der Waals surface area contributed by atoms with Gasteiger partial charge >= 0.3 is 6.09 Å².